The minimum Gasteiger partial charge on any atom is -0.289 e. The summed E-state index contributed by atoms with van der Waals surface area (Å²) in [5.41, 5.74) is 4.77. The molecule has 5 rings (SSSR count). The number of nitrogens with zero attached hydrogens (tertiary/aromatic N) is 2. The summed E-state index contributed by atoms with van der Waals surface area (Å²) in [6.45, 7) is 2.82. The molecule has 1 saturated heterocycles. The van der Waals surface area contributed by atoms with Gasteiger partial charge >= 0.3 is 0 Å². The predicted octanol–water partition coefficient (Wildman–Crippen LogP) is 5.56. The molecule has 0 bridgehead atoms. The summed E-state index contributed by atoms with van der Waals surface area (Å²) in [4.78, 5) is 4.76. The third kappa shape index (κ3) is 6.95. The summed E-state index contributed by atoms with van der Waals surface area (Å²) < 4.78 is 26.4. The van der Waals surface area contributed by atoms with Crippen LogP contribution >= 0.6 is 0 Å². The maximum absolute atomic E-state index is 13.2. The van der Waals surface area contributed by atoms with Crippen LogP contribution in [-0.4, -0.2) is 41.8 Å². The fourth-order valence-corrected chi connectivity index (χ4v) is 7.40. The number of benzene rings is 4. The van der Waals surface area contributed by atoms with Gasteiger partial charge in [-0.1, -0.05) is 121 Å². The molecule has 0 spiro atoms. The monoisotopic (exact) mass is 510 g/mol. The van der Waals surface area contributed by atoms with E-state index >= 15 is 0 Å². The van der Waals surface area contributed by atoms with E-state index in [9.17, 15) is 8.42 Å². The van der Waals surface area contributed by atoms with Crippen LogP contribution in [0.4, 0.5) is 0 Å². The minimum absolute atomic E-state index is 0.113. The van der Waals surface area contributed by atoms with E-state index in [4.69, 9.17) is 0 Å². The minimum atomic E-state index is -3.19. The van der Waals surface area contributed by atoms with Crippen LogP contribution in [0.15, 0.2) is 121 Å². The second-order valence-electron chi connectivity index (χ2n) is 9.96. The van der Waals surface area contributed by atoms with E-state index in [-0.39, 0.29) is 23.6 Å². The Balaban J connectivity index is 1.50. The molecule has 1 aliphatic heterocycles. The van der Waals surface area contributed by atoms with Gasteiger partial charge in [0.1, 0.15) is 0 Å². The lowest BCUT2D eigenvalue weighted by Crippen LogP contribution is -2.50. The first-order valence-corrected chi connectivity index (χ1v) is 14.7. The second kappa shape index (κ2) is 11.9. The van der Waals surface area contributed by atoms with Crippen LogP contribution in [0.25, 0.3) is 0 Å². The Hall–Kier alpha value is -3.25. The summed E-state index contributed by atoms with van der Waals surface area (Å²) >= 11 is 0. The van der Waals surface area contributed by atoms with Crippen LogP contribution in [-0.2, 0) is 36.0 Å². The third-order valence-corrected chi connectivity index (χ3v) is 8.84. The van der Waals surface area contributed by atoms with E-state index in [1.54, 1.807) is 0 Å². The van der Waals surface area contributed by atoms with Gasteiger partial charge < -0.3 is 0 Å². The van der Waals surface area contributed by atoms with Crippen LogP contribution < -0.4 is 0 Å². The molecule has 2 atom stereocenters. The van der Waals surface area contributed by atoms with Gasteiger partial charge in [-0.25, -0.2) is 8.42 Å². The van der Waals surface area contributed by atoms with Crippen molar-refractivity contribution >= 4 is 9.84 Å². The molecule has 0 radical (unpaired) electrons. The molecule has 4 aromatic rings. The Kier molecular flexibility index (Phi) is 8.15. The lowest BCUT2D eigenvalue weighted by molar-refractivity contribution is 0.0863. The molecule has 1 fully saturated rings. The lowest BCUT2D eigenvalue weighted by atomic mass is 10.0. The highest BCUT2D eigenvalue weighted by molar-refractivity contribution is 7.91. The molecule has 0 unspecified atom stereocenters. The summed E-state index contributed by atoms with van der Waals surface area (Å²) in [6, 6.07) is 41.3. The maximum Gasteiger partial charge on any atom is 0.153 e. The van der Waals surface area contributed by atoms with Crippen LogP contribution in [0.5, 0.6) is 0 Å². The predicted molar refractivity (Wildman–Crippen MR) is 150 cm³/mol. The molecular formula is C32H34N2O2S. The van der Waals surface area contributed by atoms with Crippen LogP contribution in [0.3, 0.4) is 0 Å². The molecule has 0 amide bonds. The van der Waals surface area contributed by atoms with Crippen molar-refractivity contribution in [3.63, 3.8) is 0 Å². The lowest BCUT2D eigenvalue weighted by Gasteiger charge is -2.38. The van der Waals surface area contributed by atoms with E-state index in [0.29, 0.717) is 26.2 Å². The van der Waals surface area contributed by atoms with Crippen molar-refractivity contribution in [3.8, 4) is 0 Å². The van der Waals surface area contributed by atoms with Crippen molar-refractivity contribution in [2.24, 2.45) is 0 Å². The third-order valence-electron chi connectivity index (χ3n) is 7.15. The average Bonchev–Trinajstić information content (AvgIpc) is 3.26. The Morgan fingerprint density at radius 1 is 0.459 bits per heavy atom. The fraction of sp³-hybridized carbons (Fsp3) is 0.250. The second-order valence-corrected chi connectivity index (χ2v) is 12.1. The molecule has 0 aliphatic carbocycles. The normalized spacial score (nSPS) is 18.9. The zero-order valence-corrected chi connectivity index (χ0v) is 21.9. The smallest absolute Gasteiger partial charge is 0.153 e. The van der Waals surface area contributed by atoms with Gasteiger partial charge in [-0.05, 0) is 22.3 Å². The SMILES string of the molecule is O=S1(=O)C[C@H](N(Cc2ccccc2)Cc2ccccc2)[C@@H](N(Cc2ccccc2)Cc2ccccc2)C1. The molecule has 0 aromatic heterocycles. The largest absolute Gasteiger partial charge is 0.289 e. The van der Waals surface area contributed by atoms with Crippen molar-refractivity contribution < 1.29 is 8.42 Å². The van der Waals surface area contributed by atoms with Gasteiger partial charge in [-0.3, -0.25) is 9.80 Å². The molecule has 5 heteroatoms. The van der Waals surface area contributed by atoms with Crippen molar-refractivity contribution in [3.05, 3.63) is 144 Å². The Morgan fingerprint density at radius 2 is 0.703 bits per heavy atom. The Bertz CT molecular complexity index is 1160. The molecule has 190 valence electrons. The number of sulfone groups is 1. The molecule has 37 heavy (non-hydrogen) atoms. The van der Waals surface area contributed by atoms with Crippen molar-refractivity contribution in [1.82, 2.24) is 9.80 Å². The first-order valence-electron chi connectivity index (χ1n) is 12.9. The molecule has 4 aromatic carbocycles. The van der Waals surface area contributed by atoms with E-state index in [2.05, 4.69) is 107 Å². The maximum atomic E-state index is 13.2. The number of rotatable bonds is 10. The van der Waals surface area contributed by atoms with Crippen LogP contribution in [0.1, 0.15) is 22.3 Å². The fourth-order valence-electron chi connectivity index (χ4n) is 5.36. The Labute approximate surface area is 221 Å². The number of hydrogen-bond donors (Lipinski definition) is 0. The molecule has 0 saturated carbocycles. The van der Waals surface area contributed by atoms with Crippen LogP contribution in [0, 0.1) is 0 Å². The van der Waals surface area contributed by atoms with E-state index in [0.717, 1.165) is 0 Å². The molecule has 4 nitrogen and oxygen atoms in total. The topological polar surface area (TPSA) is 40.6 Å². The quantitative estimate of drug-likeness (QED) is 0.280. The van der Waals surface area contributed by atoms with Gasteiger partial charge in [0.05, 0.1) is 11.5 Å². The first kappa shape index (κ1) is 25.4. The van der Waals surface area contributed by atoms with Gasteiger partial charge in [0.2, 0.25) is 0 Å². The van der Waals surface area contributed by atoms with Gasteiger partial charge in [-0.15, -0.1) is 0 Å². The number of hydrogen-bond acceptors (Lipinski definition) is 4. The summed E-state index contributed by atoms with van der Waals surface area (Å²) in [6.07, 6.45) is 0. The van der Waals surface area contributed by atoms with Crippen molar-refractivity contribution in [1.29, 1.82) is 0 Å². The summed E-state index contributed by atoms with van der Waals surface area (Å²) in [5, 5.41) is 0. The van der Waals surface area contributed by atoms with Gasteiger partial charge in [-0.2, -0.15) is 0 Å². The molecule has 1 aliphatic rings. The summed E-state index contributed by atoms with van der Waals surface area (Å²) in [5.74, 6) is 0.356. The van der Waals surface area contributed by atoms with E-state index in [1.807, 2.05) is 24.3 Å². The zero-order valence-electron chi connectivity index (χ0n) is 21.1. The molecule has 0 N–H and O–H groups in total. The highest BCUT2D eigenvalue weighted by Gasteiger charge is 2.43. The van der Waals surface area contributed by atoms with Gasteiger partial charge in [0.15, 0.2) is 9.84 Å². The van der Waals surface area contributed by atoms with Gasteiger partial charge in [0, 0.05) is 38.3 Å². The highest BCUT2D eigenvalue weighted by Crippen LogP contribution is 2.29. The van der Waals surface area contributed by atoms with Crippen molar-refractivity contribution in [2.45, 2.75) is 38.3 Å². The van der Waals surface area contributed by atoms with Crippen LogP contribution in [0.2, 0.25) is 0 Å². The zero-order chi connectivity index (χ0) is 25.5. The van der Waals surface area contributed by atoms with Gasteiger partial charge in [0.25, 0.3) is 0 Å². The highest BCUT2D eigenvalue weighted by atomic mass is 32.2. The van der Waals surface area contributed by atoms with E-state index < -0.39 is 9.84 Å². The summed E-state index contributed by atoms with van der Waals surface area (Å²) in [7, 11) is -3.19. The molecular weight excluding hydrogens is 476 g/mol. The standard InChI is InChI=1S/C32H34N2O2S/c35-37(36)25-31(33(21-27-13-5-1-6-14-27)22-28-15-7-2-8-16-28)32(26-37)34(23-29-17-9-3-10-18-29)24-30-19-11-4-12-20-30/h1-20,31-32H,21-26H2/t31-,32-/m0/s1. The van der Waals surface area contributed by atoms with E-state index in [1.165, 1.54) is 22.3 Å². The first-order chi connectivity index (χ1) is 18.1. The molecule has 1 heterocycles. The average molecular weight is 511 g/mol. The van der Waals surface area contributed by atoms with Crippen molar-refractivity contribution in [2.75, 3.05) is 11.5 Å². The Morgan fingerprint density at radius 3 is 0.946 bits per heavy atom.